The van der Waals surface area contributed by atoms with E-state index in [0.29, 0.717) is 0 Å². The van der Waals surface area contributed by atoms with Crippen LogP contribution in [0.1, 0.15) is 4.88 Å². The van der Waals surface area contributed by atoms with Crippen LogP contribution in [0.2, 0.25) is 0 Å². The number of thiazole rings is 1. The Hall–Kier alpha value is -1.65. The normalized spacial score (nSPS) is 10.7. The second-order valence-electron chi connectivity index (χ2n) is 4.45. The monoisotopic (exact) mass is 345 g/mol. The third-order valence-electron chi connectivity index (χ3n) is 3.05. The van der Waals surface area contributed by atoms with Crippen LogP contribution in [0.25, 0.3) is 21.8 Å². The minimum absolute atomic E-state index is 0.267. The van der Waals surface area contributed by atoms with Crippen LogP contribution in [0.15, 0.2) is 53.0 Å². The van der Waals surface area contributed by atoms with Crippen molar-refractivity contribution in [1.82, 2.24) is 4.98 Å². The van der Waals surface area contributed by atoms with Gasteiger partial charge in [0, 0.05) is 14.9 Å². The fourth-order valence-electron chi connectivity index (χ4n) is 2.04. The van der Waals surface area contributed by atoms with Gasteiger partial charge >= 0.3 is 0 Å². The summed E-state index contributed by atoms with van der Waals surface area (Å²) in [6.45, 7) is 2.05. The molecule has 1 N–H and O–H groups in total. The average Bonchev–Trinajstić information content (AvgIpc) is 2.82. The fraction of sp³-hybridized carbons (Fsp3) is 0.0625. The molecule has 0 atom stereocenters. The van der Waals surface area contributed by atoms with Gasteiger partial charge in [-0.05, 0) is 31.2 Å². The highest BCUT2D eigenvalue weighted by atomic mass is 79.9. The summed E-state index contributed by atoms with van der Waals surface area (Å²) in [7, 11) is 0. The summed E-state index contributed by atoms with van der Waals surface area (Å²) >= 11 is 5.03. The predicted octanol–water partition coefficient (Wildman–Crippen LogP) is 5.25. The molecule has 3 aromatic rings. The standard InChI is InChI=1S/C16H12BrNOS/c1-10-15(11-6-8-12(17)9-7-11)18-16(20-10)13-4-2-3-5-14(13)19/h2-9,19H,1H3. The Morgan fingerprint density at radius 3 is 2.45 bits per heavy atom. The summed E-state index contributed by atoms with van der Waals surface area (Å²) in [5, 5.41) is 10.8. The lowest BCUT2D eigenvalue weighted by Gasteiger charge is -2.00. The van der Waals surface area contributed by atoms with Gasteiger partial charge in [0.2, 0.25) is 0 Å². The minimum Gasteiger partial charge on any atom is -0.507 e. The fourth-order valence-corrected chi connectivity index (χ4v) is 3.28. The van der Waals surface area contributed by atoms with E-state index in [2.05, 4.69) is 27.8 Å². The summed E-state index contributed by atoms with van der Waals surface area (Å²) in [5.74, 6) is 0.267. The third-order valence-corrected chi connectivity index (χ3v) is 4.58. The van der Waals surface area contributed by atoms with Gasteiger partial charge in [0.15, 0.2) is 0 Å². The Morgan fingerprint density at radius 2 is 1.75 bits per heavy atom. The van der Waals surface area contributed by atoms with Crippen molar-refractivity contribution >= 4 is 27.3 Å². The maximum Gasteiger partial charge on any atom is 0.128 e. The number of rotatable bonds is 2. The van der Waals surface area contributed by atoms with Crippen molar-refractivity contribution in [1.29, 1.82) is 0 Å². The van der Waals surface area contributed by atoms with Crippen molar-refractivity contribution in [2.24, 2.45) is 0 Å². The quantitative estimate of drug-likeness (QED) is 0.687. The van der Waals surface area contributed by atoms with Crippen molar-refractivity contribution in [3.05, 3.63) is 57.9 Å². The maximum atomic E-state index is 9.93. The van der Waals surface area contributed by atoms with Gasteiger partial charge in [0.1, 0.15) is 10.8 Å². The Bertz CT molecular complexity index is 749. The second kappa shape index (κ2) is 5.38. The average molecular weight is 346 g/mol. The number of aromatic hydroxyl groups is 1. The third kappa shape index (κ3) is 2.49. The molecule has 0 radical (unpaired) electrons. The van der Waals surface area contributed by atoms with Crippen LogP contribution in [0.5, 0.6) is 5.75 Å². The van der Waals surface area contributed by atoms with E-state index < -0.39 is 0 Å². The van der Waals surface area contributed by atoms with Gasteiger partial charge in [-0.25, -0.2) is 4.98 Å². The number of aromatic nitrogens is 1. The number of hydrogen-bond acceptors (Lipinski definition) is 3. The first-order valence-electron chi connectivity index (χ1n) is 6.17. The smallest absolute Gasteiger partial charge is 0.128 e. The van der Waals surface area contributed by atoms with Gasteiger partial charge in [0.05, 0.1) is 11.3 Å². The highest BCUT2D eigenvalue weighted by Gasteiger charge is 2.13. The Kier molecular flexibility index (Phi) is 3.59. The van der Waals surface area contributed by atoms with E-state index in [4.69, 9.17) is 0 Å². The number of halogens is 1. The topological polar surface area (TPSA) is 33.1 Å². The van der Waals surface area contributed by atoms with Crippen molar-refractivity contribution in [2.45, 2.75) is 6.92 Å². The van der Waals surface area contributed by atoms with Gasteiger partial charge in [-0.3, -0.25) is 0 Å². The van der Waals surface area contributed by atoms with Crippen LogP contribution >= 0.6 is 27.3 Å². The largest absolute Gasteiger partial charge is 0.507 e. The van der Waals surface area contributed by atoms with Gasteiger partial charge in [-0.1, -0.05) is 40.2 Å². The summed E-state index contributed by atoms with van der Waals surface area (Å²) in [5.41, 5.74) is 2.84. The van der Waals surface area contributed by atoms with Crippen LogP contribution in [0.4, 0.5) is 0 Å². The number of phenolic OH excluding ortho intramolecular Hbond substituents is 1. The molecule has 0 aliphatic rings. The molecule has 0 amide bonds. The molecule has 0 unspecified atom stereocenters. The number of hydrogen-bond donors (Lipinski definition) is 1. The highest BCUT2D eigenvalue weighted by Crippen LogP contribution is 2.36. The zero-order chi connectivity index (χ0) is 14.1. The van der Waals surface area contributed by atoms with Crippen LogP contribution < -0.4 is 0 Å². The molecule has 0 bridgehead atoms. The molecule has 0 saturated heterocycles. The summed E-state index contributed by atoms with van der Waals surface area (Å²) in [6, 6.07) is 15.4. The molecule has 0 spiro atoms. The van der Waals surface area contributed by atoms with E-state index in [1.807, 2.05) is 42.5 Å². The highest BCUT2D eigenvalue weighted by molar-refractivity contribution is 9.10. The molecule has 1 heterocycles. The van der Waals surface area contributed by atoms with E-state index in [9.17, 15) is 5.11 Å². The number of benzene rings is 2. The molecule has 0 saturated carbocycles. The lowest BCUT2D eigenvalue weighted by molar-refractivity contribution is 0.477. The summed E-state index contributed by atoms with van der Waals surface area (Å²) in [4.78, 5) is 5.83. The van der Waals surface area contributed by atoms with E-state index in [0.717, 1.165) is 31.2 Å². The molecular weight excluding hydrogens is 334 g/mol. The van der Waals surface area contributed by atoms with Crippen molar-refractivity contribution < 1.29 is 5.11 Å². The van der Waals surface area contributed by atoms with E-state index in [1.165, 1.54) is 0 Å². The molecule has 1 aromatic heterocycles. The van der Waals surface area contributed by atoms with Crippen LogP contribution in [0, 0.1) is 6.92 Å². The van der Waals surface area contributed by atoms with Crippen molar-refractivity contribution in [3.8, 4) is 27.6 Å². The SMILES string of the molecule is Cc1sc(-c2ccccc2O)nc1-c1ccc(Br)cc1. The second-order valence-corrected chi connectivity index (χ2v) is 6.57. The van der Waals surface area contributed by atoms with Crippen LogP contribution in [-0.2, 0) is 0 Å². The molecular formula is C16H12BrNOS. The van der Waals surface area contributed by atoms with E-state index in [-0.39, 0.29) is 5.75 Å². The van der Waals surface area contributed by atoms with Gasteiger partial charge in [-0.15, -0.1) is 11.3 Å². The molecule has 2 aromatic carbocycles. The zero-order valence-electron chi connectivity index (χ0n) is 10.8. The first kappa shape index (κ1) is 13.3. The molecule has 2 nitrogen and oxygen atoms in total. The molecule has 0 aliphatic carbocycles. The predicted molar refractivity (Wildman–Crippen MR) is 87.1 cm³/mol. The van der Waals surface area contributed by atoms with E-state index in [1.54, 1.807) is 17.4 Å². The Morgan fingerprint density at radius 1 is 1.05 bits per heavy atom. The molecule has 20 heavy (non-hydrogen) atoms. The molecule has 100 valence electrons. The number of nitrogens with zero attached hydrogens (tertiary/aromatic N) is 1. The van der Waals surface area contributed by atoms with Gasteiger partial charge < -0.3 is 5.11 Å². The van der Waals surface area contributed by atoms with Crippen LogP contribution in [-0.4, -0.2) is 10.1 Å². The van der Waals surface area contributed by atoms with Gasteiger partial charge in [0.25, 0.3) is 0 Å². The summed E-state index contributed by atoms with van der Waals surface area (Å²) < 4.78 is 1.05. The molecule has 0 aliphatic heterocycles. The maximum absolute atomic E-state index is 9.93. The number of aryl methyl sites for hydroxylation is 1. The zero-order valence-corrected chi connectivity index (χ0v) is 13.2. The van der Waals surface area contributed by atoms with Crippen molar-refractivity contribution in [2.75, 3.05) is 0 Å². The number of para-hydroxylation sites is 1. The van der Waals surface area contributed by atoms with Crippen molar-refractivity contribution in [3.63, 3.8) is 0 Å². The molecule has 4 heteroatoms. The molecule has 3 rings (SSSR count). The molecule has 0 fully saturated rings. The Balaban J connectivity index is 2.08. The van der Waals surface area contributed by atoms with Gasteiger partial charge in [-0.2, -0.15) is 0 Å². The lowest BCUT2D eigenvalue weighted by Crippen LogP contribution is -1.81. The minimum atomic E-state index is 0.267. The van der Waals surface area contributed by atoms with E-state index >= 15 is 0 Å². The number of phenols is 1. The summed E-state index contributed by atoms with van der Waals surface area (Å²) in [6.07, 6.45) is 0. The first-order chi connectivity index (χ1) is 9.65. The van der Waals surface area contributed by atoms with Crippen LogP contribution in [0.3, 0.4) is 0 Å². The first-order valence-corrected chi connectivity index (χ1v) is 7.78. The lowest BCUT2D eigenvalue weighted by atomic mass is 10.1. The Labute approximate surface area is 129 Å².